The van der Waals surface area contributed by atoms with Gasteiger partial charge in [0.15, 0.2) is 23.0 Å². The van der Waals surface area contributed by atoms with Crippen LogP contribution in [0.4, 0.5) is 21.9 Å². The summed E-state index contributed by atoms with van der Waals surface area (Å²) in [6.07, 6.45) is 3.63. The predicted octanol–water partition coefficient (Wildman–Crippen LogP) is 5.39. The number of hydrogen-bond donors (Lipinski definition) is 6. The number of methoxy groups -OCH3 is 2. The second-order valence-electron chi connectivity index (χ2n) is 18.9. The van der Waals surface area contributed by atoms with Gasteiger partial charge in [-0.05, 0) is 90.3 Å². The van der Waals surface area contributed by atoms with Crippen molar-refractivity contribution in [3.63, 3.8) is 0 Å². The van der Waals surface area contributed by atoms with Crippen LogP contribution in [0.15, 0.2) is 89.9 Å². The molecule has 0 fully saturated rings. The summed E-state index contributed by atoms with van der Waals surface area (Å²) in [7, 11) is 3.05. The van der Waals surface area contributed by atoms with E-state index in [1.54, 1.807) is 42.5 Å². The number of carbonyl (C=O) groups is 5. The summed E-state index contributed by atoms with van der Waals surface area (Å²) < 4.78 is 24.0. The highest BCUT2D eigenvalue weighted by Crippen LogP contribution is 2.40. The highest BCUT2D eigenvalue weighted by Gasteiger charge is 2.36. The van der Waals surface area contributed by atoms with Gasteiger partial charge in [0.1, 0.15) is 19.3 Å². The molecule has 5 aromatic rings. The van der Waals surface area contributed by atoms with E-state index in [2.05, 4.69) is 33.4 Å². The van der Waals surface area contributed by atoms with Crippen LogP contribution in [0.1, 0.15) is 81.0 Å². The molecule has 1 aromatic heterocycles. The molecule has 0 spiro atoms. The van der Waals surface area contributed by atoms with Crippen LogP contribution in [-0.4, -0.2) is 102 Å². The number of nitrogens with two attached hydrogens (primary N) is 2. The van der Waals surface area contributed by atoms with Crippen molar-refractivity contribution in [3.8, 4) is 23.0 Å². The summed E-state index contributed by atoms with van der Waals surface area (Å²) in [5.74, 6) is 0.248. The van der Waals surface area contributed by atoms with Crippen LogP contribution in [-0.2, 0) is 48.7 Å². The lowest BCUT2D eigenvalue weighted by atomic mass is 9.93. The number of carbonyl (C=O) groups excluding carboxylic acids is 5. The third-order valence-electron chi connectivity index (χ3n) is 13.7. The van der Waals surface area contributed by atoms with Crippen molar-refractivity contribution in [3.05, 3.63) is 130 Å². The van der Waals surface area contributed by atoms with Crippen molar-refractivity contribution in [2.75, 3.05) is 37.9 Å². The first-order valence-corrected chi connectivity index (χ1v) is 24.4. The van der Waals surface area contributed by atoms with Crippen molar-refractivity contribution in [1.29, 1.82) is 0 Å². The number of nitrogens with zero attached hydrogens (tertiary/aromatic N) is 4. The maximum Gasteiger partial charge on any atom is 0.312 e. The number of hydrogen-bond acceptors (Lipinski definition) is 13. The summed E-state index contributed by atoms with van der Waals surface area (Å²) in [5, 5.41) is 11.7. The number of benzene rings is 4. The zero-order chi connectivity index (χ0) is 51.3. The number of nitrogens with one attached hydrogen (secondary N) is 4. The smallest absolute Gasteiger partial charge is 0.312 e. The standard InChI is InChI=1S/C54H60N10O9/c1-30(2)49(55)51(66)62-42(13-8-16-57-54(56)69)50(65)61-35-15-14-32-19-39-25-59-44-23-48(46(71-4)21-41(44)53(68)64(39)27-34(32)17-35)73-29-37-12-7-11-36(60-37)28-72-47-22-43-40(20-45(47)70-3)52(67)63-26-33-10-6-5-9-31(33)18-38(63)24-58-43/h5-7,9-12,14-15,17,20-23,25,30,38-39,42,49,58H,8,13,16,18-19,24,26-29,55H2,1-4H3,(H,61,65)(H,62,66)(H3,56,57,69)/t38-,39?,42-,49-/m0/s1. The van der Waals surface area contributed by atoms with Crippen molar-refractivity contribution < 1.29 is 42.9 Å². The topological polar surface area (TPSA) is 254 Å². The van der Waals surface area contributed by atoms with Gasteiger partial charge in [-0.15, -0.1) is 0 Å². The average molecular weight is 993 g/mol. The Morgan fingerprint density at radius 3 is 2.15 bits per heavy atom. The lowest BCUT2D eigenvalue weighted by Crippen LogP contribution is -2.51. The first-order valence-electron chi connectivity index (χ1n) is 24.4. The summed E-state index contributed by atoms with van der Waals surface area (Å²) in [4.78, 5) is 79.2. The van der Waals surface area contributed by atoms with E-state index in [1.165, 1.54) is 12.7 Å². The van der Waals surface area contributed by atoms with E-state index in [9.17, 15) is 24.0 Å². The van der Waals surface area contributed by atoms with Gasteiger partial charge < -0.3 is 61.5 Å². The van der Waals surface area contributed by atoms with E-state index in [1.807, 2.05) is 67.3 Å². The highest BCUT2D eigenvalue weighted by molar-refractivity contribution is 6.04. The normalized spacial score (nSPS) is 17.1. The Morgan fingerprint density at radius 2 is 1.44 bits per heavy atom. The van der Waals surface area contributed by atoms with Gasteiger partial charge in [-0.25, -0.2) is 4.79 Å². The molecule has 1 unspecified atom stereocenters. The van der Waals surface area contributed by atoms with Crippen LogP contribution in [0.25, 0.3) is 0 Å². The van der Waals surface area contributed by atoms with E-state index in [0.717, 1.165) is 23.1 Å². The molecule has 380 valence electrons. The van der Waals surface area contributed by atoms with Crippen molar-refractivity contribution >= 4 is 52.9 Å². The molecule has 4 aliphatic rings. The van der Waals surface area contributed by atoms with Gasteiger partial charge >= 0.3 is 6.03 Å². The lowest BCUT2D eigenvalue weighted by molar-refractivity contribution is -0.128. The SMILES string of the molecule is COc1cc2c(cc1OCc1cccc(COc3cc4c(cc3OC)C(=O)N3Cc5ccccc5C[C@H]3CN4)n1)N=CC1Cc3ccc(NC(=O)[C@H](CCCNC(N)=O)NC(=O)[C@@H](N)C(C)C)cc3CN1C2=O. The molecule has 19 nitrogen and oxygen atoms in total. The Kier molecular flexibility index (Phi) is 14.8. The van der Waals surface area contributed by atoms with Gasteiger partial charge in [0.05, 0.1) is 66.2 Å². The van der Waals surface area contributed by atoms with Crippen LogP contribution >= 0.6 is 0 Å². The second kappa shape index (κ2) is 21.7. The van der Waals surface area contributed by atoms with E-state index in [0.29, 0.717) is 88.5 Å². The largest absolute Gasteiger partial charge is 0.493 e. The highest BCUT2D eigenvalue weighted by atomic mass is 16.5. The zero-order valence-electron chi connectivity index (χ0n) is 41.2. The van der Waals surface area contributed by atoms with E-state index < -0.39 is 29.9 Å². The summed E-state index contributed by atoms with van der Waals surface area (Å²) in [6, 6.07) is 23.4. The number of pyridine rings is 1. The summed E-state index contributed by atoms with van der Waals surface area (Å²) in [6.45, 7) is 5.44. The van der Waals surface area contributed by atoms with Gasteiger partial charge in [-0.2, -0.15) is 0 Å². The lowest BCUT2D eigenvalue weighted by Gasteiger charge is -2.35. The van der Waals surface area contributed by atoms with Crippen molar-refractivity contribution in [2.24, 2.45) is 22.4 Å². The number of urea groups is 1. The fourth-order valence-corrected chi connectivity index (χ4v) is 9.59. The second-order valence-corrected chi connectivity index (χ2v) is 18.9. The molecule has 4 aliphatic heterocycles. The minimum atomic E-state index is -0.935. The Balaban J connectivity index is 0.841. The zero-order valence-corrected chi connectivity index (χ0v) is 41.2. The predicted molar refractivity (Wildman–Crippen MR) is 273 cm³/mol. The average Bonchev–Trinajstić information content (AvgIpc) is 3.61. The number of ether oxygens (including phenoxy) is 4. The Labute approximate surface area is 423 Å². The summed E-state index contributed by atoms with van der Waals surface area (Å²) in [5.41, 5.74) is 19.2. The van der Waals surface area contributed by atoms with Crippen LogP contribution in [0.3, 0.4) is 0 Å². The van der Waals surface area contributed by atoms with Crippen LogP contribution in [0, 0.1) is 5.92 Å². The van der Waals surface area contributed by atoms with Crippen LogP contribution in [0.5, 0.6) is 23.0 Å². The fourth-order valence-electron chi connectivity index (χ4n) is 9.59. The number of rotatable bonds is 17. The quantitative estimate of drug-likeness (QED) is 0.0642. The molecule has 19 heteroatoms. The number of aromatic nitrogens is 1. The molecule has 8 N–H and O–H groups in total. The molecular formula is C54H60N10O9. The molecule has 4 aromatic carbocycles. The van der Waals surface area contributed by atoms with Gasteiger partial charge in [-0.1, -0.05) is 50.2 Å². The minimum Gasteiger partial charge on any atom is -0.493 e. The molecule has 73 heavy (non-hydrogen) atoms. The summed E-state index contributed by atoms with van der Waals surface area (Å²) >= 11 is 0. The molecule has 0 radical (unpaired) electrons. The number of primary amides is 1. The first-order chi connectivity index (χ1) is 35.3. The Hall–Kier alpha value is -8.19. The van der Waals surface area contributed by atoms with Gasteiger partial charge in [0.25, 0.3) is 11.8 Å². The van der Waals surface area contributed by atoms with Crippen molar-refractivity contribution in [1.82, 2.24) is 25.4 Å². The van der Waals surface area contributed by atoms with Gasteiger partial charge in [0.2, 0.25) is 11.8 Å². The third-order valence-corrected chi connectivity index (χ3v) is 13.7. The molecule has 0 saturated heterocycles. The molecule has 4 atom stereocenters. The molecule has 0 saturated carbocycles. The molecule has 6 amide bonds. The van der Waals surface area contributed by atoms with Gasteiger partial charge in [0, 0.05) is 50.2 Å². The van der Waals surface area contributed by atoms with Crippen molar-refractivity contribution in [2.45, 2.75) is 90.0 Å². The van der Waals surface area contributed by atoms with Crippen LogP contribution in [0.2, 0.25) is 0 Å². The minimum absolute atomic E-state index is 0.0135. The maximum atomic E-state index is 14.3. The number of aliphatic imine (C=N–C) groups is 1. The van der Waals surface area contributed by atoms with Gasteiger partial charge in [-0.3, -0.25) is 29.2 Å². The maximum absolute atomic E-state index is 14.3. The monoisotopic (exact) mass is 992 g/mol. The molecule has 9 rings (SSSR count). The Morgan fingerprint density at radius 1 is 0.767 bits per heavy atom. The van der Waals surface area contributed by atoms with Crippen LogP contribution < -0.4 is 51.7 Å². The number of amides is 6. The van der Waals surface area contributed by atoms with E-state index >= 15 is 0 Å². The third kappa shape index (κ3) is 11.0. The van der Waals surface area contributed by atoms with E-state index in [4.69, 9.17) is 40.4 Å². The first kappa shape index (κ1) is 49.8. The molecule has 0 bridgehead atoms. The fraction of sp³-hybridized carbons (Fsp3) is 0.352. The Bertz CT molecular complexity index is 2980. The molecule has 5 heterocycles. The number of fused-ring (bicyclic) bond motifs is 6. The van der Waals surface area contributed by atoms with E-state index in [-0.39, 0.29) is 62.5 Å². The number of anilines is 2. The molecule has 0 aliphatic carbocycles. The molecular weight excluding hydrogens is 933 g/mol.